The van der Waals surface area contributed by atoms with E-state index in [1.807, 2.05) is 31.2 Å². The van der Waals surface area contributed by atoms with Crippen molar-refractivity contribution < 1.29 is 9.18 Å². The van der Waals surface area contributed by atoms with E-state index in [9.17, 15) is 9.18 Å². The van der Waals surface area contributed by atoms with Gasteiger partial charge in [0.2, 0.25) is 0 Å². The molecular weight excluding hydrogens is 359 g/mol. The number of carbonyl (C=O) groups excluding carboxylic acids is 1. The van der Waals surface area contributed by atoms with Gasteiger partial charge < -0.3 is 10.6 Å². The van der Waals surface area contributed by atoms with Gasteiger partial charge in [0.25, 0.3) is 0 Å². The van der Waals surface area contributed by atoms with Crippen LogP contribution in [0.15, 0.2) is 46.9 Å². The van der Waals surface area contributed by atoms with Crippen LogP contribution in [0.4, 0.5) is 9.18 Å². The second-order valence-electron chi connectivity index (χ2n) is 5.80. The second kappa shape index (κ2) is 6.71. The number of urea groups is 1. The number of nitrogens with one attached hydrogen (secondary N) is 2. The topological polar surface area (TPSA) is 41.1 Å². The summed E-state index contributed by atoms with van der Waals surface area (Å²) in [6.45, 7) is 1.93. The first-order valence-corrected chi connectivity index (χ1v) is 8.43. The summed E-state index contributed by atoms with van der Waals surface area (Å²) in [7, 11) is 0. The minimum absolute atomic E-state index is 0.126. The van der Waals surface area contributed by atoms with E-state index in [0.29, 0.717) is 0 Å². The molecule has 0 aliphatic heterocycles. The first-order chi connectivity index (χ1) is 11.0. The van der Waals surface area contributed by atoms with E-state index < -0.39 is 0 Å². The Kier molecular flexibility index (Phi) is 4.66. The third-order valence-electron chi connectivity index (χ3n) is 4.21. The lowest BCUT2D eigenvalue weighted by Crippen LogP contribution is -2.38. The largest absolute Gasteiger partial charge is 0.332 e. The summed E-state index contributed by atoms with van der Waals surface area (Å²) < 4.78 is 14.4. The Bertz CT molecular complexity index is 735. The van der Waals surface area contributed by atoms with Gasteiger partial charge in [-0.05, 0) is 54.7 Å². The highest BCUT2D eigenvalue weighted by molar-refractivity contribution is 9.10. The van der Waals surface area contributed by atoms with E-state index in [4.69, 9.17) is 0 Å². The van der Waals surface area contributed by atoms with Crippen molar-refractivity contribution in [1.82, 2.24) is 10.6 Å². The number of benzene rings is 2. The van der Waals surface area contributed by atoms with Gasteiger partial charge in [0.15, 0.2) is 0 Å². The lowest BCUT2D eigenvalue weighted by atomic mass is 10.1. The van der Waals surface area contributed by atoms with Crippen molar-refractivity contribution in [2.75, 3.05) is 0 Å². The summed E-state index contributed by atoms with van der Waals surface area (Å²) in [5, 5.41) is 5.89. The fraction of sp³-hybridized carbons (Fsp3) is 0.278. The van der Waals surface area contributed by atoms with Crippen molar-refractivity contribution in [1.29, 1.82) is 0 Å². The van der Waals surface area contributed by atoms with E-state index in [1.165, 1.54) is 12.1 Å². The Morgan fingerprint density at radius 1 is 1.30 bits per heavy atom. The molecule has 1 aliphatic rings. The fourth-order valence-electron chi connectivity index (χ4n) is 3.02. The van der Waals surface area contributed by atoms with Gasteiger partial charge in [-0.1, -0.05) is 40.2 Å². The molecule has 0 spiro atoms. The summed E-state index contributed by atoms with van der Waals surface area (Å²) in [6.07, 6.45) is 1.66. The molecule has 120 valence electrons. The Labute approximate surface area is 143 Å². The van der Waals surface area contributed by atoms with Crippen LogP contribution >= 0.6 is 15.9 Å². The average Bonchev–Trinajstić information content (AvgIpc) is 2.89. The molecule has 0 bridgehead atoms. The number of halogens is 2. The first-order valence-electron chi connectivity index (χ1n) is 7.64. The molecule has 2 amide bonds. The van der Waals surface area contributed by atoms with Crippen molar-refractivity contribution in [2.45, 2.75) is 31.8 Å². The molecule has 0 fully saturated rings. The van der Waals surface area contributed by atoms with E-state index in [1.54, 1.807) is 6.07 Å². The van der Waals surface area contributed by atoms with Gasteiger partial charge in [-0.3, -0.25) is 0 Å². The smallest absolute Gasteiger partial charge is 0.315 e. The maximum atomic E-state index is 13.4. The van der Waals surface area contributed by atoms with Gasteiger partial charge in [-0.15, -0.1) is 0 Å². The third kappa shape index (κ3) is 3.55. The lowest BCUT2D eigenvalue weighted by Gasteiger charge is -2.19. The molecular formula is C18H18BrFN2O. The fourth-order valence-corrected chi connectivity index (χ4v) is 3.65. The van der Waals surface area contributed by atoms with Crippen LogP contribution in [-0.2, 0) is 6.42 Å². The Morgan fingerprint density at radius 2 is 2.09 bits per heavy atom. The van der Waals surface area contributed by atoms with Crippen LogP contribution in [-0.4, -0.2) is 6.03 Å². The molecule has 0 saturated heterocycles. The predicted molar refractivity (Wildman–Crippen MR) is 91.7 cm³/mol. The molecule has 2 N–H and O–H groups in total. The maximum Gasteiger partial charge on any atom is 0.315 e. The zero-order chi connectivity index (χ0) is 16.4. The molecule has 0 heterocycles. The number of hydrogen-bond donors (Lipinski definition) is 2. The monoisotopic (exact) mass is 376 g/mol. The van der Waals surface area contributed by atoms with Gasteiger partial charge in [-0.2, -0.15) is 0 Å². The first kappa shape index (κ1) is 16.0. The second-order valence-corrected chi connectivity index (χ2v) is 6.65. The highest BCUT2D eigenvalue weighted by atomic mass is 79.9. The van der Waals surface area contributed by atoms with Gasteiger partial charge in [0.05, 0.1) is 12.1 Å². The van der Waals surface area contributed by atoms with Crippen LogP contribution in [0.1, 0.15) is 42.1 Å². The molecule has 3 rings (SSSR count). The van der Waals surface area contributed by atoms with E-state index in [-0.39, 0.29) is 23.9 Å². The van der Waals surface area contributed by atoms with Gasteiger partial charge in [0.1, 0.15) is 5.82 Å². The molecule has 23 heavy (non-hydrogen) atoms. The summed E-state index contributed by atoms with van der Waals surface area (Å²) in [5.74, 6) is -0.264. The molecule has 5 heteroatoms. The molecule has 2 aromatic carbocycles. The number of fused-ring (bicyclic) bond motifs is 1. The number of aryl methyl sites for hydroxylation is 1. The van der Waals surface area contributed by atoms with Crippen molar-refractivity contribution in [2.24, 2.45) is 0 Å². The molecule has 3 nitrogen and oxygen atoms in total. The van der Waals surface area contributed by atoms with Crippen LogP contribution in [0.2, 0.25) is 0 Å². The number of amides is 2. The normalized spacial score (nSPS) is 17.4. The zero-order valence-corrected chi connectivity index (χ0v) is 14.4. The summed E-state index contributed by atoms with van der Waals surface area (Å²) >= 11 is 3.49. The Morgan fingerprint density at radius 3 is 2.87 bits per heavy atom. The SMILES string of the molecule is CC(NC(=O)NC1CCc2ccc(F)cc21)c1ccccc1Br. The van der Waals surface area contributed by atoms with Gasteiger partial charge in [0, 0.05) is 4.47 Å². The van der Waals surface area contributed by atoms with Crippen LogP contribution < -0.4 is 10.6 Å². The van der Waals surface area contributed by atoms with Crippen molar-refractivity contribution in [3.05, 3.63) is 69.4 Å². The highest BCUT2D eigenvalue weighted by Gasteiger charge is 2.25. The molecule has 0 saturated carbocycles. The van der Waals surface area contributed by atoms with E-state index >= 15 is 0 Å². The van der Waals surface area contributed by atoms with Crippen LogP contribution in [0, 0.1) is 5.82 Å². The Hall–Kier alpha value is -1.88. The maximum absolute atomic E-state index is 13.4. The van der Waals surface area contributed by atoms with Gasteiger partial charge in [-0.25, -0.2) is 9.18 Å². The minimum atomic E-state index is -0.264. The predicted octanol–water partition coefficient (Wildman–Crippen LogP) is 4.64. The standard InChI is InChI=1S/C18H18BrFN2O/c1-11(14-4-2-3-5-16(14)19)21-18(23)22-17-9-7-12-6-8-13(20)10-15(12)17/h2-6,8,10-11,17H,7,9H2,1H3,(H2,21,22,23). The van der Waals surface area contributed by atoms with Gasteiger partial charge >= 0.3 is 6.03 Å². The van der Waals surface area contributed by atoms with E-state index in [0.717, 1.165) is 34.0 Å². The van der Waals surface area contributed by atoms with Crippen molar-refractivity contribution >= 4 is 22.0 Å². The molecule has 1 aliphatic carbocycles. The molecule has 2 unspecified atom stereocenters. The van der Waals surface area contributed by atoms with Crippen molar-refractivity contribution in [3.8, 4) is 0 Å². The average molecular weight is 377 g/mol. The lowest BCUT2D eigenvalue weighted by molar-refractivity contribution is 0.234. The van der Waals surface area contributed by atoms with Crippen LogP contribution in [0.5, 0.6) is 0 Å². The summed E-state index contributed by atoms with van der Waals surface area (Å²) in [4.78, 5) is 12.3. The van der Waals surface area contributed by atoms with Crippen LogP contribution in [0.3, 0.4) is 0 Å². The van der Waals surface area contributed by atoms with Crippen LogP contribution in [0.25, 0.3) is 0 Å². The number of rotatable bonds is 3. The number of hydrogen-bond acceptors (Lipinski definition) is 1. The molecule has 0 aromatic heterocycles. The molecule has 2 atom stereocenters. The highest BCUT2D eigenvalue weighted by Crippen LogP contribution is 2.31. The van der Waals surface area contributed by atoms with Crippen molar-refractivity contribution in [3.63, 3.8) is 0 Å². The zero-order valence-electron chi connectivity index (χ0n) is 12.8. The summed E-state index contributed by atoms with van der Waals surface area (Å²) in [6, 6.07) is 12.1. The Balaban J connectivity index is 1.65. The molecule has 0 radical (unpaired) electrons. The molecule has 2 aromatic rings. The summed E-state index contributed by atoms with van der Waals surface area (Å²) in [5.41, 5.74) is 3.00. The minimum Gasteiger partial charge on any atom is -0.332 e. The number of carbonyl (C=O) groups is 1. The quantitative estimate of drug-likeness (QED) is 0.804. The van der Waals surface area contributed by atoms with E-state index in [2.05, 4.69) is 26.6 Å². The third-order valence-corrected chi connectivity index (χ3v) is 4.93.